The van der Waals surface area contributed by atoms with Crippen LogP contribution in [-0.2, 0) is 7.05 Å². The first-order chi connectivity index (χ1) is 10.5. The Kier molecular flexibility index (Phi) is 3.19. The van der Waals surface area contributed by atoms with E-state index in [9.17, 15) is 0 Å². The van der Waals surface area contributed by atoms with Crippen molar-refractivity contribution in [1.29, 1.82) is 0 Å². The maximum atomic E-state index is 8.30. The standard InChI is InChI=1S/C20H22N/c1-14(2)16-9-10-19-17(13-16)11-12-21(4)20(19)18-8-6-5-7-15(18)3/h5-14H,1-4H3/q+1/i12D. The van der Waals surface area contributed by atoms with Crippen molar-refractivity contribution in [3.05, 3.63) is 65.8 Å². The molecule has 1 heteroatoms. The summed E-state index contributed by atoms with van der Waals surface area (Å²) in [5.74, 6) is 0.495. The highest BCUT2D eigenvalue weighted by atomic mass is 14.9. The normalized spacial score (nSPS) is 12.0. The Morgan fingerprint density at radius 1 is 1.05 bits per heavy atom. The molecule has 0 saturated heterocycles. The zero-order valence-corrected chi connectivity index (χ0v) is 13.1. The lowest BCUT2D eigenvalue weighted by atomic mass is 9.96. The van der Waals surface area contributed by atoms with Crippen LogP contribution >= 0.6 is 0 Å². The van der Waals surface area contributed by atoms with Crippen LogP contribution in [0.15, 0.2) is 54.7 Å². The Hall–Kier alpha value is -2.15. The van der Waals surface area contributed by atoms with E-state index < -0.39 is 0 Å². The molecule has 0 unspecified atom stereocenters. The number of hydrogen-bond acceptors (Lipinski definition) is 0. The predicted octanol–water partition coefficient (Wildman–Crippen LogP) is 4.76. The average Bonchev–Trinajstić information content (AvgIpc) is 2.49. The van der Waals surface area contributed by atoms with E-state index in [0.717, 1.165) is 11.1 Å². The minimum Gasteiger partial charge on any atom is -0.200 e. The van der Waals surface area contributed by atoms with Gasteiger partial charge in [0.15, 0.2) is 6.17 Å². The fourth-order valence-electron chi connectivity index (χ4n) is 2.85. The SMILES string of the molecule is [2H]c1cc2cc(C(C)C)ccc2c(-c2ccccc2C)[n+]1C. The molecular formula is C20H22N+. The van der Waals surface area contributed by atoms with Crippen LogP contribution in [0.2, 0.25) is 0 Å². The second-order valence-corrected chi connectivity index (χ2v) is 6.00. The molecule has 1 aromatic heterocycles. The van der Waals surface area contributed by atoms with Gasteiger partial charge < -0.3 is 0 Å². The zero-order chi connectivity index (χ0) is 15.9. The average molecular weight is 277 g/mol. The molecular weight excluding hydrogens is 254 g/mol. The minimum absolute atomic E-state index is 0.495. The number of fused-ring (bicyclic) bond motifs is 1. The summed E-state index contributed by atoms with van der Waals surface area (Å²) in [6.07, 6.45) is 0.534. The van der Waals surface area contributed by atoms with Crippen molar-refractivity contribution < 1.29 is 5.94 Å². The van der Waals surface area contributed by atoms with Gasteiger partial charge in [-0.2, -0.15) is 0 Å². The molecule has 1 heterocycles. The molecule has 21 heavy (non-hydrogen) atoms. The molecule has 1 nitrogen and oxygen atoms in total. The fraction of sp³-hybridized carbons (Fsp3) is 0.250. The van der Waals surface area contributed by atoms with Crippen molar-refractivity contribution in [2.45, 2.75) is 26.7 Å². The first kappa shape index (κ1) is 12.6. The molecule has 0 aliphatic heterocycles. The number of rotatable bonds is 2. The third kappa shape index (κ3) is 2.44. The molecule has 0 bridgehead atoms. The Bertz CT molecular complexity index is 850. The summed E-state index contributed by atoms with van der Waals surface area (Å²) < 4.78 is 10.3. The zero-order valence-electron chi connectivity index (χ0n) is 14.1. The molecule has 0 atom stereocenters. The third-order valence-corrected chi connectivity index (χ3v) is 4.15. The Labute approximate surface area is 128 Å². The van der Waals surface area contributed by atoms with Gasteiger partial charge in [-0.05, 0) is 41.5 Å². The van der Waals surface area contributed by atoms with Crippen molar-refractivity contribution in [2.75, 3.05) is 0 Å². The van der Waals surface area contributed by atoms with Crippen LogP contribution in [0.5, 0.6) is 0 Å². The Morgan fingerprint density at radius 2 is 1.81 bits per heavy atom. The van der Waals surface area contributed by atoms with Gasteiger partial charge in [0, 0.05) is 11.6 Å². The number of aryl methyl sites for hydroxylation is 1. The van der Waals surface area contributed by atoms with Gasteiger partial charge in [-0.15, -0.1) is 0 Å². The molecule has 0 aliphatic carbocycles. The lowest BCUT2D eigenvalue weighted by Crippen LogP contribution is -2.30. The van der Waals surface area contributed by atoms with E-state index in [1.54, 1.807) is 0 Å². The molecule has 3 aromatic rings. The van der Waals surface area contributed by atoms with Crippen LogP contribution < -0.4 is 4.57 Å². The maximum absolute atomic E-state index is 8.30. The predicted molar refractivity (Wildman–Crippen MR) is 89.4 cm³/mol. The molecule has 3 rings (SSSR count). The summed E-state index contributed by atoms with van der Waals surface area (Å²) in [4.78, 5) is 0. The number of hydrogen-bond donors (Lipinski definition) is 0. The van der Waals surface area contributed by atoms with Gasteiger partial charge in [0.1, 0.15) is 8.42 Å². The number of nitrogens with zero attached hydrogens (tertiary/aromatic N) is 1. The topological polar surface area (TPSA) is 3.88 Å². The second kappa shape index (κ2) is 5.33. The van der Waals surface area contributed by atoms with E-state index in [0.29, 0.717) is 12.1 Å². The van der Waals surface area contributed by atoms with E-state index in [1.165, 1.54) is 22.1 Å². The largest absolute Gasteiger partial charge is 0.220 e. The molecule has 0 saturated carbocycles. The summed E-state index contributed by atoms with van der Waals surface area (Å²) in [6, 6.07) is 17.0. The van der Waals surface area contributed by atoms with E-state index in [2.05, 4.69) is 63.2 Å². The first-order valence-corrected chi connectivity index (χ1v) is 7.48. The van der Waals surface area contributed by atoms with Crippen LogP contribution in [0.25, 0.3) is 22.0 Å². The van der Waals surface area contributed by atoms with Crippen LogP contribution in [0.3, 0.4) is 0 Å². The highest BCUT2D eigenvalue weighted by Crippen LogP contribution is 2.29. The van der Waals surface area contributed by atoms with Gasteiger partial charge in [0.25, 0.3) is 0 Å². The van der Waals surface area contributed by atoms with Gasteiger partial charge in [0.05, 0.1) is 5.39 Å². The van der Waals surface area contributed by atoms with Crippen LogP contribution in [0.1, 0.15) is 32.3 Å². The van der Waals surface area contributed by atoms with Gasteiger partial charge >= 0.3 is 0 Å². The van der Waals surface area contributed by atoms with Crippen LogP contribution in [-0.4, -0.2) is 0 Å². The number of aromatic nitrogens is 1. The van der Waals surface area contributed by atoms with Crippen molar-refractivity contribution in [2.24, 2.45) is 7.05 Å². The lowest BCUT2D eigenvalue weighted by molar-refractivity contribution is -0.659. The van der Waals surface area contributed by atoms with Gasteiger partial charge in [-0.1, -0.05) is 44.2 Å². The molecule has 0 amide bonds. The fourth-order valence-corrected chi connectivity index (χ4v) is 2.85. The highest BCUT2D eigenvalue weighted by Gasteiger charge is 2.16. The van der Waals surface area contributed by atoms with Gasteiger partial charge in [0.2, 0.25) is 5.69 Å². The molecule has 0 fully saturated rings. The second-order valence-electron chi connectivity index (χ2n) is 6.00. The molecule has 0 aliphatic rings. The van der Waals surface area contributed by atoms with E-state index >= 15 is 0 Å². The van der Waals surface area contributed by atoms with Crippen molar-refractivity contribution in [3.63, 3.8) is 0 Å². The quantitative estimate of drug-likeness (QED) is 0.594. The highest BCUT2D eigenvalue weighted by molar-refractivity contribution is 5.93. The van der Waals surface area contributed by atoms with E-state index in [4.69, 9.17) is 1.37 Å². The molecule has 106 valence electrons. The van der Waals surface area contributed by atoms with Crippen molar-refractivity contribution in [1.82, 2.24) is 0 Å². The van der Waals surface area contributed by atoms with Gasteiger partial charge in [-0.25, -0.2) is 4.57 Å². The summed E-state index contributed by atoms with van der Waals surface area (Å²) in [7, 11) is 1.97. The Morgan fingerprint density at radius 3 is 2.52 bits per heavy atom. The van der Waals surface area contributed by atoms with Gasteiger partial charge in [-0.3, -0.25) is 0 Å². The first-order valence-electron chi connectivity index (χ1n) is 7.98. The summed E-state index contributed by atoms with van der Waals surface area (Å²) in [5.41, 5.74) is 4.87. The lowest BCUT2D eigenvalue weighted by Gasteiger charge is -2.10. The van der Waals surface area contributed by atoms with Crippen LogP contribution in [0.4, 0.5) is 0 Å². The minimum atomic E-state index is 0.495. The van der Waals surface area contributed by atoms with Crippen molar-refractivity contribution >= 4 is 10.8 Å². The maximum Gasteiger partial charge on any atom is 0.220 e. The molecule has 0 radical (unpaired) electrons. The van der Waals surface area contributed by atoms with E-state index in [1.807, 2.05) is 17.7 Å². The number of benzene rings is 2. The smallest absolute Gasteiger partial charge is 0.200 e. The molecule has 0 N–H and O–H groups in total. The van der Waals surface area contributed by atoms with Crippen LogP contribution in [0, 0.1) is 6.92 Å². The summed E-state index contributed by atoms with van der Waals surface area (Å²) in [6.45, 7) is 6.53. The molecule has 0 spiro atoms. The van der Waals surface area contributed by atoms with Crippen molar-refractivity contribution in [3.8, 4) is 11.3 Å². The summed E-state index contributed by atoms with van der Waals surface area (Å²) >= 11 is 0. The van der Waals surface area contributed by atoms with E-state index in [-0.39, 0.29) is 0 Å². The Balaban J connectivity index is 2.38. The molecule has 2 aromatic carbocycles. The number of pyridine rings is 1. The monoisotopic (exact) mass is 277 g/mol. The third-order valence-electron chi connectivity index (χ3n) is 4.15. The summed E-state index contributed by atoms with van der Waals surface area (Å²) in [5, 5.41) is 2.35.